The topological polar surface area (TPSA) is 103 Å². The minimum Gasteiger partial charge on any atom is -0.495 e. The summed E-state index contributed by atoms with van der Waals surface area (Å²) in [5, 5.41) is 15.9. The van der Waals surface area contributed by atoms with E-state index in [0.29, 0.717) is 18.1 Å². The molecule has 2 N–H and O–H groups in total. The Morgan fingerprint density at radius 2 is 1.96 bits per heavy atom. The third-order valence-corrected chi connectivity index (χ3v) is 3.04. The number of urea groups is 1. The summed E-state index contributed by atoms with van der Waals surface area (Å²) in [6, 6.07) is 12.7. The Hall–Kier alpha value is -3.29. The van der Waals surface area contributed by atoms with E-state index in [4.69, 9.17) is 9.47 Å². The van der Waals surface area contributed by atoms with E-state index in [1.807, 2.05) is 30.3 Å². The first kappa shape index (κ1) is 17.1. The molecule has 0 unspecified atom stereocenters. The molecule has 0 aliphatic heterocycles. The molecule has 0 spiro atoms. The van der Waals surface area contributed by atoms with Crippen molar-refractivity contribution in [3.63, 3.8) is 0 Å². The number of benzene rings is 2. The fourth-order valence-electron chi connectivity index (χ4n) is 1.92. The Kier molecular flexibility index (Phi) is 5.95. The van der Waals surface area contributed by atoms with Crippen molar-refractivity contribution in [3.8, 4) is 11.5 Å². The summed E-state index contributed by atoms with van der Waals surface area (Å²) < 4.78 is 10.5. The maximum atomic E-state index is 11.9. The van der Waals surface area contributed by atoms with Crippen LogP contribution in [-0.4, -0.2) is 31.2 Å². The van der Waals surface area contributed by atoms with Crippen molar-refractivity contribution >= 4 is 17.4 Å². The average Bonchev–Trinajstić information content (AvgIpc) is 2.59. The van der Waals surface area contributed by atoms with Crippen LogP contribution in [0.15, 0.2) is 48.5 Å². The Morgan fingerprint density at radius 3 is 2.62 bits per heavy atom. The molecule has 0 saturated carbocycles. The van der Waals surface area contributed by atoms with Gasteiger partial charge >= 0.3 is 6.03 Å². The van der Waals surface area contributed by atoms with Crippen LogP contribution in [0.25, 0.3) is 0 Å². The minimum absolute atomic E-state index is 0.140. The highest BCUT2D eigenvalue weighted by molar-refractivity contribution is 5.91. The summed E-state index contributed by atoms with van der Waals surface area (Å²) in [6.45, 7) is 0.571. The van der Waals surface area contributed by atoms with Crippen molar-refractivity contribution in [2.24, 2.45) is 0 Å². The highest BCUT2D eigenvalue weighted by Gasteiger charge is 2.13. The van der Waals surface area contributed by atoms with Gasteiger partial charge in [0.2, 0.25) is 0 Å². The molecule has 2 aromatic rings. The van der Waals surface area contributed by atoms with Crippen molar-refractivity contribution in [1.82, 2.24) is 5.32 Å². The lowest BCUT2D eigenvalue weighted by molar-refractivity contribution is -0.384. The van der Waals surface area contributed by atoms with Crippen LogP contribution in [0.5, 0.6) is 11.5 Å². The molecular formula is C16H17N3O5. The summed E-state index contributed by atoms with van der Waals surface area (Å²) in [6.07, 6.45) is 0. The van der Waals surface area contributed by atoms with Crippen LogP contribution < -0.4 is 20.1 Å². The maximum Gasteiger partial charge on any atom is 0.319 e. The summed E-state index contributed by atoms with van der Waals surface area (Å²) in [5.74, 6) is 1.04. The molecule has 0 aliphatic carbocycles. The second kappa shape index (κ2) is 8.37. The molecule has 2 aromatic carbocycles. The van der Waals surface area contributed by atoms with Gasteiger partial charge in [0.1, 0.15) is 18.1 Å². The number of hydrogen-bond acceptors (Lipinski definition) is 5. The van der Waals surface area contributed by atoms with Crippen molar-refractivity contribution in [3.05, 3.63) is 58.6 Å². The molecule has 0 heterocycles. The molecule has 8 heteroatoms. The molecule has 0 aliphatic rings. The zero-order valence-electron chi connectivity index (χ0n) is 13.0. The monoisotopic (exact) mass is 331 g/mol. The number of ether oxygens (including phenoxy) is 2. The molecule has 8 nitrogen and oxygen atoms in total. The van der Waals surface area contributed by atoms with Crippen LogP contribution in [0.4, 0.5) is 16.2 Å². The molecule has 0 atom stereocenters. The number of methoxy groups -OCH3 is 1. The first-order valence-electron chi connectivity index (χ1n) is 7.15. The van der Waals surface area contributed by atoms with Gasteiger partial charge < -0.3 is 20.1 Å². The second-order valence-corrected chi connectivity index (χ2v) is 4.68. The zero-order chi connectivity index (χ0) is 17.4. The van der Waals surface area contributed by atoms with Gasteiger partial charge in [-0.15, -0.1) is 0 Å². The number of rotatable bonds is 7. The molecule has 0 fully saturated rings. The first-order chi connectivity index (χ1) is 11.6. The van der Waals surface area contributed by atoms with E-state index >= 15 is 0 Å². The lowest BCUT2D eigenvalue weighted by Crippen LogP contribution is -2.32. The van der Waals surface area contributed by atoms with Crippen LogP contribution in [0, 0.1) is 10.1 Å². The molecule has 0 saturated heterocycles. The lowest BCUT2D eigenvalue weighted by atomic mass is 10.2. The number of hydrogen-bond donors (Lipinski definition) is 2. The van der Waals surface area contributed by atoms with Crippen molar-refractivity contribution in [2.45, 2.75) is 0 Å². The summed E-state index contributed by atoms with van der Waals surface area (Å²) in [7, 11) is 1.41. The van der Waals surface area contributed by atoms with Crippen molar-refractivity contribution < 1.29 is 19.2 Å². The van der Waals surface area contributed by atoms with Gasteiger partial charge in [-0.25, -0.2) is 4.79 Å². The average molecular weight is 331 g/mol. The molecule has 0 radical (unpaired) electrons. The Balaban J connectivity index is 1.85. The predicted octanol–water partition coefficient (Wildman–Crippen LogP) is 2.80. The number of anilines is 1. The number of para-hydroxylation sites is 1. The number of non-ortho nitro benzene ring substituents is 1. The van der Waals surface area contributed by atoms with Gasteiger partial charge in [0.15, 0.2) is 0 Å². The summed E-state index contributed by atoms with van der Waals surface area (Å²) in [5.41, 5.74) is 0.0756. The third-order valence-electron chi connectivity index (χ3n) is 3.04. The third kappa shape index (κ3) is 4.87. The Labute approximate surface area is 138 Å². The highest BCUT2D eigenvalue weighted by Crippen LogP contribution is 2.28. The number of carbonyl (C=O) groups is 1. The molecule has 2 amide bonds. The fraction of sp³-hybridized carbons (Fsp3) is 0.188. The number of nitro benzene ring substituents is 1. The SMILES string of the molecule is COc1ccc([N+](=O)[O-])cc1NC(=O)NCCOc1ccccc1. The van der Waals surface area contributed by atoms with Crippen LogP contribution in [-0.2, 0) is 0 Å². The van der Waals surface area contributed by atoms with Crippen molar-refractivity contribution in [2.75, 3.05) is 25.6 Å². The quantitative estimate of drug-likeness (QED) is 0.461. The van der Waals surface area contributed by atoms with Gasteiger partial charge in [0.05, 0.1) is 24.3 Å². The van der Waals surface area contributed by atoms with Crippen LogP contribution in [0.3, 0.4) is 0 Å². The number of amides is 2. The van der Waals surface area contributed by atoms with Crippen LogP contribution in [0.2, 0.25) is 0 Å². The van der Waals surface area contributed by atoms with Crippen LogP contribution in [0.1, 0.15) is 0 Å². The summed E-state index contributed by atoms with van der Waals surface area (Å²) >= 11 is 0. The Morgan fingerprint density at radius 1 is 1.21 bits per heavy atom. The van der Waals surface area contributed by atoms with Gasteiger partial charge in [-0.1, -0.05) is 18.2 Å². The van der Waals surface area contributed by atoms with Crippen LogP contribution >= 0.6 is 0 Å². The first-order valence-corrected chi connectivity index (χ1v) is 7.15. The minimum atomic E-state index is -0.545. The Bertz CT molecular complexity index is 706. The van der Waals surface area contributed by atoms with E-state index in [9.17, 15) is 14.9 Å². The van der Waals surface area contributed by atoms with Gasteiger partial charge in [-0.05, 0) is 18.2 Å². The highest BCUT2D eigenvalue weighted by atomic mass is 16.6. The van der Waals surface area contributed by atoms with E-state index in [1.54, 1.807) is 0 Å². The van der Waals surface area contributed by atoms with E-state index in [0.717, 1.165) is 0 Å². The van der Waals surface area contributed by atoms with E-state index < -0.39 is 11.0 Å². The number of carbonyl (C=O) groups excluding carboxylic acids is 1. The smallest absolute Gasteiger partial charge is 0.319 e. The summed E-state index contributed by atoms with van der Waals surface area (Å²) in [4.78, 5) is 22.1. The van der Waals surface area contributed by atoms with Gasteiger partial charge in [-0.3, -0.25) is 10.1 Å². The number of nitrogens with zero attached hydrogens (tertiary/aromatic N) is 1. The molecule has 0 aromatic heterocycles. The molecular weight excluding hydrogens is 314 g/mol. The molecule has 0 bridgehead atoms. The molecule has 24 heavy (non-hydrogen) atoms. The lowest BCUT2D eigenvalue weighted by Gasteiger charge is -2.11. The van der Waals surface area contributed by atoms with Gasteiger partial charge in [-0.2, -0.15) is 0 Å². The maximum absolute atomic E-state index is 11.9. The zero-order valence-corrected chi connectivity index (χ0v) is 13.0. The number of nitrogens with one attached hydrogen (secondary N) is 2. The van der Waals surface area contributed by atoms with Gasteiger partial charge in [0.25, 0.3) is 5.69 Å². The predicted molar refractivity (Wildman–Crippen MR) is 88.6 cm³/mol. The molecule has 2 rings (SSSR count). The van der Waals surface area contributed by atoms with Crippen molar-refractivity contribution in [1.29, 1.82) is 0 Å². The van der Waals surface area contributed by atoms with Gasteiger partial charge in [0, 0.05) is 12.1 Å². The fourth-order valence-corrected chi connectivity index (χ4v) is 1.92. The molecule has 126 valence electrons. The van der Waals surface area contributed by atoms with E-state index in [2.05, 4.69) is 10.6 Å². The van der Waals surface area contributed by atoms with E-state index in [1.165, 1.54) is 25.3 Å². The normalized spacial score (nSPS) is 9.88. The second-order valence-electron chi connectivity index (χ2n) is 4.68. The largest absolute Gasteiger partial charge is 0.495 e. The van der Waals surface area contributed by atoms with E-state index in [-0.39, 0.29) is 17.9 Å². The standard InChI is InChI=1S/C16H17N3O5/c1-23-15-8-7-12(19(21)22)11-14(15)18-16(20)17-9-10-24-13-5-3-2-4-6-13/h2-8,11H,9-10H2,1H3,(H2,17,18,20). The number of nitro groups is 1.